The first-order valence-electron chi connectivity index (χ1n) is 4.17. The number of hydrogen-bond donors (Lipinski definition) is 0. The Balaban J connectivity index is 2.82. The molecule has 72 valence electrons. The van der Waals surface area contributed by atoms with E-state index in [4.69, 9.17) is 9.47 Å². The Bertz CT molecular complexity index is 263. The van der Waals surface area contributed by atoms with E-state index in [0.29, 0.717) is 6.42 Å². The van der Waals surface area contributed by atoms with Crippen LogP contribution in [0.25, 0.3) is 0 Å². The minimum atomic E-state index is -0.117. The molecule has 0 aliphatic heterocycles. The predicted octanol–water partition coefficient (Wildman–Crippen LogP) is 1.45. The molecule has 3 nitrogen and oxygen atoms in total. The Hall–Kier alpha value is -1.09. The van der Waals surface area contributed by atoms with Crippen LogP contribution in [0, 0.1) is 0 Å². The summed E-state index contributed by atoms with van der Waals surface area (Å²) in [7, 11) is 3.21. The zero-order valence-corrected chi connectivity index (χ0v) is 8.16. The Morgan fingerprint density at radius 1 is 1.46 bits per heavy atom. The largest absolute Gasteiger partial charge is 0.498 e. The SMILES string of the molecule is COC1=CC=C(C(C)=O)CC1OC. The van der Waals surface area contributed by atoms with E-state index in [-0.39, 0.29) is 11.9 Å². The van der Waals surface area contributed by atoms with Crippen molar-refractivity contribution in [1.82, 2.24) is 0 Å². The first-order chi connectivity index (χ1) is 6.19. The van der Waals surface area contributed by atoms with Gasteiger partial charge in [-0.3, -0.25) is 4.79 Å². The van der Waals surface area contributed by atoms with Crippen molar-refractivity contribution in [2.45, 2.75) is 19.4 Å². The molecular formula is C10H14O3. The molecule has 0 aromatic heterocycles. The highest BCUT2D eigenvalue weighted by atomic mass is 16.5. The van der Waals surface area contributed by atoms with Crippen LogP contribution in [0.4, 0.5) is 0 Å². The fourth-order valence-electron chi connectivity index (χ4n) is 1.32. The topological polar surface area (TPSA) is 35.5 Å². The monoisotopic (exact) mass is 182 g/mol. The molecule has 0 fully saturated rings. The molecule has 1 rings (SSSR count). The van der Waals surface area contributed by atoms with E-state index in [9.17, 15) is 4.79 Å². The first kappa shape index (κ1) is 9.99. The van der Waals surface area contributed by atoms with Crippen LogP contribution in [0.15, 0.2) is 23.5 Å². The van der Waals surface area contributed by atoms with Gasteiger partial charge in [-0.05, 0) is 18.6 Å². The summed E-state index contributed by atoms with van der Waals surface area (Å²) in [4.78, 5) is 11.1. The van der Waals surface area contributed by atoms with Crippen LogP contribution in [-0.2, 0) is 14.3 Å². The number of carbonyl (C=O) groups excluding carboxylic acids is 1. The third-order valence-electron chi connectivity index (χ3n) is 2.14. The number of allylic oxidation sites excluding steroid dienone is 2. The maximum absolute atomic E-state index is 11.1. The Morgan fingerprint density at radius 3 is 2.62 bits per heavy atom. The van der Waals surface area contributed by atoms with Crippen molar-refractivity contribution in [3.05, 3.63) is 23.5 Å². The molecule has 1 unspecified atom stereocenters. The van der Waals surface area contributed by atoms with Crippen molar-refractivity contribution in [3.8, 4) is 0 Å². The van der Waals surface area contributed by atoms with Gasteiger partial charge in [0, 0.05) is 13.5 Å². The molecule has 0 amide bonds. The van der Waals surface area contributed by atoms with Gasteiger partial charge in [-0.1, -0.05) is 6.08 Å². The van der Waals surface area contributed by atoms with Gasteiger partial charge in [0.2, 0.25) is 0 Å². The van der Waals surface area contributed by atoms with Crippen LogP contribution in [0.5, 0.6) is 0 Å². The van der Waals surface area contributed by atoms with E-state index >= 15 is 0 Å². The summed E-state index contributed by atoms with van der Waals surface area (Å²) in [6.07, 6.45) is 4.06. The number of rotatable bonds is 3. The van der Waals surface area contributed by atoms with E-state index in [1.807, 2.05) is 0 Å². The van der Waals surface area contributed by atoms with E-state index < -0.39 is 0 Å². The van der Waals surface area contributed by atoms with Gasteiger partial charge in [-0.2, -0.15) is 0 Å². The van der Waals surface area contributed by atoms with Gasteiger partial charge in [-0.15, -0.1) is 0 Å². The first-order valence-corrected chi connectivity index (χ1v) is 4.17. The van der Waals surface area contributed by atoms with E-state index in [0.717, 1.165) is 11.3 Å². The molecule has 0 radical (unpaired) electrons. The molecule has 3 heteroatoms. The standard InChI is InChI=1S/C10H14O3/c1-7(11)8-4-5-9(12-2)10(6-8)13-3/h4-5,10H,6H2,1-3H3. The quantitative estimate of drug-likeness (QED) is 0.662. The third-order valence-corrected chi connectivity index (χ3v) is 2.14. The van der Waals surface area contributed by atoms with E-state index in [1.165, 1.54) is 0 Å². The van der Waals surface area contributed by atoms with Crippen molar-refractivity contribution in [1.29, 1.82) is 0 Å². The molecule has 0 saturated carbocycles. The molecular weight excluding hydrogens is 168 g/mol. The Kier molecular flexibility index (Phi) is 3.25. The zero-order chi connectivity index (χ0) is 9.84. The van der Waals surface area contributed by atoms with Crippen molar-refractivity contribution in [2.75, 3.05) is 14.2 Å². The summed E-state index contributed by atoms with van der Waals surface area (Å²) in [6, 6.07) is 0. The second-order valence-electron chi connectivity index (χ2n) is 2.95. The predicted molar refractivity (Wildman–Crippen MR) is 49.3 cm³/mol. The lowest BCUT2D eigenvalue weighted by Gasteiger charge is -2.21. The summed E-state index contributed by atoms with van der Waals surface area (Å²) >= 11 is 0. The number of ketones is 1. The molecule has 0 bridgehead atoms. The minimum Gasteiger partial charge on any atom is -0.498 e. The van der Waals surface area contributed by atoms with E-state index in [1.54, 1.807) is 33.3 Å². The van der Waals surface area contributed by atoms with Crippen LogP contribution in [0.3, 0.4) is 0 Å². The number of Topliss-reactive ketones (excluding diaryl/α,β-unsaturated/α-hetero) is 1. The molecule has 0 N–H and O–H groups in total. The average Bonchev–Trinajstić information content (AvgIpc) is 2.16. The summed E-state index contributed by atoms with van der Waals surface area (Å²) in [5, 5.41) is 0. The highest BCUT2D eigenvalue weighted by Gasteiger charge is 2.21. The fourth-order valence-corrected chi connectivity index (χ4v) is 1.32. The molecule has 0 saturated heterocycles. The Labute approximate surface area is 78.0 Å². The highest BCUT2D eigenvalue weighted by Crippen LogP contribution is 2.22. The van der Waals surface area contributed by atoms with Gasteiger partial charge in [-0.25, -0.2) is 0 Å². The lowest BCUT2D eigenvalue weighted by Crippen LogP contribution is -2.20. The van der Waals surface area contributed by atoms with Gasteiger partial charge < -0.3 is 9.47 Å². The van der Waals surface area contributed by atoms with Crippen LogP contribution >= 0.6 is 0 Å². The Morgan fingerprint density at radius 2 is 2.15 bits per heavy atom. The summed E-state index contributed by atoms with van der Waals surface area (Å²) in [5.74, 6) is 0.862. The van der Waals surface area contributed by atoms with Crippen LogP contribution in [-0.4, -0.2) is 26.1 Å². The zero-order valence-electron chi connectivity index (χ0n) is 8.16. The maximum Gasteiger partial charge on any atom is 0.155 e. The van der Waals surface area contributed by atoms with Crippen molar-refractivity contribution in [3.63, 3.8) is 0 Å². The van der Waals surface area contributed by atoms with Crippen molar-refractivity contribution < 1.29 is 14.3 Å². The van der Waals surface area contributed by atoms with Crippen LogP contribution < -0.4 is 0 Å². The molecule has 1 atom stereocenters. The van der Waals surface area contributed by atoms with Crippen molar-refractivity contribution in [2.24, 2.45) is 0 Å². The van der Waals surface area contributed by atoms with Gasteiger partial charge >= 0.3 is 0 Å². The van der Waals surface area contributed by atoms with Crippen LogP contribution in [0.2, 0.25) is 0 Å². The third kappa shape index (κ3) is 2.18. The number of carbonyl (C=O) groups is 1. The molecule has 0 spiro atoms. The highest BCUT2D eigenvalue weighted by molar-refractivity contribution is 5.93. The molecule has 0 aromatic rings. The lowest BCUT2D eigenvalue weighted by atomic mass is 9.98. The number of methoxy groups -OCH3 is 2. The van der Waals surface area contributed by atoms with Gasteiger partial charge in [0.1, 0.15) is 11.9 Å². The minimum absolute atomic E-state index is 0.0912. The smallest absolute Gasteiger partial charge is 0.155 e. The summed E-state index contributed by atoms with van der Waals surface area (Å²) in [6.45, 7) is 1.56. The number of hydrogen-bond acceptors (Lipinski definition) is 3. The lowest BCUT2D eigenvalue weighted by molar-refractivity contribution is -0.114. The van der Waals surface area contributed by atoms with E-state index in [2.05, 4.69) is 0 Å². The molecule has 0 aromatic carbocycles. The van der Waals surface area contributed by atoms with Gasteiger partial charge in [0.15, 0.2) is 5.78 Å². The average molecular weight is 182 g/mol. The molecule has 13 heavy (non-hydrogen) atoms. The van der Waals surface area contributed by atoms with Gasteiger partial charge in [0.05, 0.1) is 7.11 Å². The van der Waals surface area contributed by atoms with Crippen molar-refractivity contribution >= 4 is 5.78 Å². The second-order valence-corrected chi connectivity index (χ2v) is 2.95. The normalized spacial score (nSPS) is 21.9. The fraction of sp³-hybridized carbons (Fsp3) is 0.500. The summed E-state index contributed by atoms with van der Waals surface area (Å²) < 4.78 is 10.3. The summed E-state index contributed by atoms with van der Waals surface area (Å²) in [5.41, 5.74) is 0.785. The maximum atomic E-state index is 11.1. The molecule has 0 heterocycles. The number of ether oxygens (including phenoxy) is 2. The van der Waals surface area contributed by atoms with Gasteiger partial charge in [0.25, 0.3) is 0 Å². The van der Waals surface area contributed by atoms with Crippen LogP contribution in [0.1, 0.15) is 13.3 Å². The molecule has 1 aliphatic rings. The molecule has 1 aliphatic carbocycles. The second kappa shape index (κ2) is 4.23.